The van der Waals surface area contributed by atoms with Crippen molar-refractivity contribution in [3.05, 3.63) is 35.4 Å². The molecule has 3 N–H and O–H groups in total. The van der Waals surface area contributed by atoms with Gasteiger partial charge in [-0.2, -0.15) is 0 Å². The van der Waals surface area contributed by atoms with E-state index in [1.165, 1.54) is 6.08 Å². The smallest absolute Gasteiger partial charge is 0.328 e. The number of carboxylic acid groups (broad SMARTS) is 1. The average molecular weight is 177 g/mol. The van der Waals surface area contributed by atoms with E-state index in [1.807, 2.05) is 13.0 Å². The Hall–Kier alpha value is -1.77. The zero-order chi connectivity index (χ0) is 9.84. The number of carbonyl (C=O) groups is 1. The highest BCUT2D eigenvalue weighted by molar-refractivity contribution is 5.85. The molecule has 0 bridgehead atoms. The van der Waals surface area contributed by atoms with Crippen LogP contribution in [0.15, 0.2) is 24.3 Å². The summed E-state index contributed by atoms with van der Waals surface area (Å²) in [6, 6.07) is 5.38. The second-order valence-corrected chi connectivity index (χ2v) is 2.79. The number of rotatable bonds is 2. The fourth-order valence-electron chi connectivity index (χ4n) is 0.970. The van der Waals surface area contributed by atoms with Crippen molar-refractivity contribution in [3.63, 3.8) is 0 Å². The summed E-state index contributed by atoms with van der Waals surface area (Å²) >= 11 is 0. The van der Waals surface area contributed by atoms with Gasteiger partial charge in [0.05, 0.1) is 0 Å². The van der Waals surface area contributed by atoms with Crippen molar-refractivity contribution in [3.8, 4) is 0 Å². The Bertz CT molecular complexity index is 356. The van der Waals surface area contributed by atoms with Crippen LogP contribution < -0.4 is 5.73 Å². The maximum Gasteiger partial charge on any atom is 0.328 e. The molecule has 0 radical (unpaired) electrons. The molecule has 0 amide bonds. The van der Waals surface area contributed by atoms with Crippen LogP contribution in [0.4, 0.5) is 5.69 Å². The average Bonchev–Trinajstić information content (AvgIpc) is 2.07. The van der Waals surface area contributed by atoms with Crippen LogP contribution in [0.3, 0.4) is 0 Å². The lowest BCUT2D eigenvalue weighted by atomic mass is 10.1. The largest absolute Gasteiger partial charge is 0.478 e. The molecule has 68 valence electrons. The van der Waals surface area contributed by atoms with E-state index in [2.05, 4.69) is 0 Å². The van der Waals surface area contributed by atoms with Crippen molar-refractivity contribution in [2.45, 2.75) is 6.92 Å². The van der Waals surface area contributed by atoms with Crippen molar-refractivity contribution in [1.82, 2.24) is 0 Å². The molecule has 1 aromatic rings. The van der Waals surface area contributed by atoms with Crippen molar-refractivity contribution >= 4 is 17.7 Å². The molecule has 0 aliphatic heterocycles. The minimum atomic E-state index is -0.950. The van der Waals surface area contributed by atoms with E-state index in [4.69, 9.17) is 10.8 Å². The van der Waals surface area contributed by atoms with Gasteiger partial charge in [0, 0.05) is 11.8 Å². The van der Waals surface area contributed by atoms with Gasteiger partial charge in [0.1, 0.15) is 0 Å². The molecule has 3 nitrogen and oxygen atoms in total. The Labute approximate surface area is 76.5 Å². The SMILES string of the molecule is Cc1cc(C=CC(=O)O)ccc1N. The van der Waals surface area contributed by atoms with Gasteiger partial charge in [0.25, 0.3) is 0 Å². The standard InChI is InChI=1S/C10H11NO2/c1-7-6-8(2-4-9(7)11)3-5-10(12)13/h2-6H,11H2,1H3,(H,12,13). The van der Waals surface area contributed by atoms with E-state index < -0.39 is 5.97 Å². The Morgan fingerprint density at radius 3 is 2.77 bits per heavy atom. The number of benzene rings is 1. The Kier molecular flexibility index (Phi) is 2.69. The fourth-order valence-corrected chi connectivity index (χ4v) is 0.970. The van der Waals surface area contributed by atoms with Crippen LogP contribution in [0.2, 0.25) is 0 Å². The summed E-state index contributed by atoms with van der Waals surface area (Å²) in [5, 5.41) is 8.39. The number of hydrogen-bond donors (Lipinski definition) is 2. The summed E-state index contributed by atoms with van der Waals surface area (Å²) in [7, 11) is 0. The number of carboxylic acids is 1. The third kappa shape index (κ3) is 2.63. The van der Waals surface area contributed by atoms with Crippen LogP contribution in [0.1, 0.15) is 11.1 Å². The van der Waals surface area contributed by atoms with Crippen LogP contribution in [0.5, 0.6) is 0 Å². The van der Waals surface area contributed by atoms with E-state index in [1.54, 1.807) is 12.1 Å². The van der Waals surface area contributed by atoms with Crippen molar-refractivity contribution < 1.29 is 9.90 Å². The lowest BCUT2D eigenvalue weighted by Crippen LogP contribution is -1.90. The van der Waals surface area contributed by atoms with E-state index in [0.29, 0.717) is 5.69 Å². The summed E-state index contributed by atoms with van der Waals surface area (Å²) in [6.45, 7) is 1.88. The predicted molar refractivity (Wildman–Crippen MR) is 52.3 cm³/mol. The number of anilines is 1. The zero-order valence-corrected chi connectivity index (χ0v) is 7.32. The summed E-state index contributed by atoms with van der Waals surface area (Å²) in [5.74, 6) is -0.950. The molecule has 0 aliphatic carbocycles. The Morgan fingerprint density at radius 2 is 2.23 bits per heavy atom. The van der Waals surface area contributed by atoms with E-state index in [9.17, 15) is 4.79 Å². The summed E-state index contributed by atoms with van der Waals surface area (Å²) in [6.07, 6.45) is 2.64. The molecule has 0 unspecified atom stereocenters. The molecule has 1 aromatic carbocycles. The molecule has 13 heavy (non-hydrogen) atoms. The first-order valence-corrected chi connectivity index (χ1v) is 3.87. The minimum Gasteiger partial charge on any atom is -0.478 e. The number of aryl methyl sites for hydroxylation is 1. The first-order valence-electron chi connectivity index (χ1n) is 3.87. The Morgan fingerprint density at radius 1 is 1.54 bits per heavy atom. The molecule has 0 saturated carbocycles. The molecule has 0 saturated heterocycles. The maximum absolute atomic E-state index is 10.2. The fraction of sp³-hybridized carbons (Fsp3) is 0.100. The molecule has 3 heteroatoms. The maximum atomic E-state index is 10.2. The number of nitrogen functional groups attached to an aromatic ring is 1. The predicted octanol–water partition coefficient (Wildman–Crippen LogP) is 1.68. The van der Waals surface area contributed by atoms with Crippen LogP contribution in [-0.4, -0.2) is 11.1 Å². The third-order valence-electron chi connectivity index (χ3n) is 1.71. The topological polar surface area (TPSA) is 63.3 Å². The van der Waals surface area contributed by atoms with Gasteiger partial charge >= 0.3 is 5.97 Å². The van der Waals surface area contributed by atoms with E-state index >= 15 is 0 Å². The minimum absolute atomic E-state index is 0.715. The summed E-state index contributed by atoms with van der Waals surface area (Å²) < 4.78 is 0. The van der Waals surface area contributed by atoms with Gasteiger partial charge in [0.15, 0.2) is 0 Å². The van der Waals surface area contributed by atoms with Crippen molar-refractivity contribution in [2.75, 3.05) is 5.73 Å². The lowest BCUT2D eigenvalue weighted by Gasteiger charge is -1.99. The van der Waals surface area contributed by atoms with E-state index in [-0.39, 0.29) is 0 Å². The molecule has 0 heterocycles. The first-order chi connectivity index (χ1) is 6.09. The number of hydrogen-bond acceptors (Lipinski definition) is 2. The van der Waals surface area contributed by atoms with Crippen LogP contribution in [-0.2, 0) is 4.79 Å². The highest BCUT2D eigenvalue weighted by atomic mass is 16.4. The highest BCUT2D eigenvalue weighted by Gasteiger charge is 1.93. The molecule has 0 spiro atoms. The van der Waals surface area contributed by atoms with Crippen LogP contribution >= 0.6 is 0 Å². The third-order valence-corrected chi connectivity index (χ3v) is 1.71. The van der Waals surface area contributed by atoms with Gasteiger partial charge in [-0.1, -0.05) is 6.07 Å². The summed E-state index contributed by atoms with van der Waals surface area (Å²) in [5.41, 5.74) is 8.11. The molecule has 1 rings (SSSR count). The molecule has 0 aliphatic rings. The molecular formula is C10H11NO2. The van der Waals surface area contributed by atoms with E-state index in [0.717, 1.165) is 17.2 Å². The van der Waals surface area contributed by atoms with Gasteiger partial charge in [-0.25, -0.2) is 4.79 Å². The second-order valence-electron chi connectivity index (χ2n) is 2.79. The van der Waals surface area contributed by atoms with Crippen LogP contribution in [0, 0.1) is 6.92 Å². The van der Waals surface area contributed by atoms with Gasteiger partial charge < -0.3 is 10.8 Å². The molecule has 0 aromatic heterocycles. The van der Waals surface area contributed by atoms with Gasteiger partial charge in [0.2, 0.25) is 0 Å². The number of nitrogens with two attached hydrogens (primary N) is 1. The second kappa shape index (κ2) is 3.76. The summed E-state index contributed by atoms with van der Waals surface area (Å²) in [4.78, 5) is 10.2. The normalized spacial score (nSPS) is 10.5. The van der Waals surface area contributed by atoms with Crippen LogP contribution in [0.25, 0.3) is 6.08 Å². The monoisotopic (exact) mass is 177 g/mol. The Balaban J connectivity index is 2.92. The first kappa shape index (κ1) is 9.32. The molecular weight excluding hydrogens is 166 g/mol. The quantitative estimate of drug-likeness (QED) is 0.533. The van der Waals surface area contributed by atoms with Gasteiger partial charge in [-0.3, -0.25) is 0 Å². The zero-order valence-electron chi connectivity index (χ0n) is 7.32. The molecule has 0 fully saturated rings. The lowest BCUT2D eigenvalue weighted by molar-refractivity contribution is -0.131. The number of aliphatic carboxylic acids is 1. The highest BCUT2D eigenvalue weighted by Crippen LogP contribution is 2.13. The van der Waals surface area contributed by atoms with Crippen molar-refractivity contribution in [2.24, 2.45) is 0 Å². The van der Waals surface area contributed by atoms with Gasteiger partial charge in [-0.05, 0) is 36.3 Å². The van der Waals surface area contributed by atoms with Gasteiger partial charge in [-0.15, -0.1) is 0 Å². The van der Waals surface area contributed by atoms with Crippen molar-refractivity contribution in [1.29, 1.82) is 0 Å². The molecule has 0 atom stereocenters.